The standard InChI is InChI=1S/C32H18N8O3S.In.3H/c41-44(42,43)23-15-7-14-22-24(23)32-39-30-21-13-6-5-12-20(21)28(37-30)35-26-17-9-2-1-8-16(17)25(33-26)34-27-18-10-3-4-11-19(18)29(36-27)38-31(22)40-32;;;;/h1-15H,(H,41,42,43)(H2,33,34,35,36,37,38,39,40);;;;. The molecule has 0 saturated carbocycles. The molecular weight excluding hydrogens is 691 g/mol. The fourth-order valence-corrected chi connectivity index (χ4v) is 6.59. The van der Waals surface area contributed by atoms with E-state index in [1.54, 1.807) is 12.1 Å². The van der Waals surface area contributed by atoms with Gasteiger partial charge in [-0.3, -0.25) is 4.55 Å². The van der Waals surface area contributed by atoms with Crippen molar-refractivity contribution in [3.63, 3.8) is 0 Å². The Morgan fingerprint density at radius 3 is 1.31 bits per heavy atom. The first-order valence-electron chi connectivity index (χ1n) is 13.6. The van der Waals surface area contributed by atoms with E-state index < -0.39 is 10.1 Å². The maximum absolute atomic E-state index is 12.5. The van der Waals surface area contributed by atoms with Crippen LogP contribution in [-0.4, -0.2) is 78.7 Å². The molecule has 0 atom stereocenters. The summed E-state index contributed by atoms with van der Waals surface area (Å²) in [4.78, 5) is 35.4. The second kappa shape index (κ2) is 10.0. The quantitative estimate of drug-likeness (QED) is 0.200. The zero-order valence-electron chi connectivity index (χ0n) is 22.5. The van der Waals surface area contributed by atoms with Gasteiger partial charge in [-0.25, -0.2) is 29.9 Å². The molecule has 3 aromatic heterocycles. The van der Waals surface area contributed by atoms with Crippen molar-refractivity contribution in [2.24, 2.45) is 0 Å². The number of aromatic amines is 2. The van der Waals surface area contributed by atoms with E-state index in [9.17, 15) is 13.0 Å². The first-order valence-corrected chi connectivity index (χ1v) is 15.1. The van der Waals surface area contributed by atoms with Gasteiger partial charge >= 0.3 is 25.8 Å². The topological polar surface area (TPSA) is 163 Å². The number of benzene rings is 4. The average Bonchev–Trinajstić information content (AvgIpc) is 3.76. The predicted octanol–water partition coefficient (Wildman–Crippen LogP) is 4.93. The Hall–Kier alpha value is -4.98. The van der Waals surface area contributed by atoms with Crippen molar-refractivity contribution in [3.8, 4) is 45.6 Å². The van der Waals surface area contributed by atoms with Crippen LogP contribution >= 0.6 is 0 Å². The van der Waals surface area contributed by atoms with Crippen LogP contribution in [0, 0.1) is 0 Å². The molecule has 0 amide bonds. The molecule has 4 aromatic carbocycles. The minimum atomic E-state index is -4.62. The number of nitrogens with zero attached hydrogens (tertiary/aromatic N) is 6. The molecule has 0 saturated heterocycles. The SMILES string of the molecule is O=S(=O)(O)c1cccc2c3nc4nc(nc5[nH]c(nc6nc(nc([nH]3)c12)-c1ccccc1-6)c1ccccc51)-c1ccccc1-4.[InH3]. The van der Waals surface area contributed by atoms with E-state index in [4.69, 9.17) is 29.9 Å². The zero-order chi connectivity index (χ0) is 29.6. The monoisotopic (exact) mass is 712 g/mol. The Morgan fingerprint density at radius 2 is 0.844 bits per heavy atom. The Bertz CT molecular complexity index is 2660. The first-order chi connectivity index (χ1) is 21.4. The Kier molecular flexibility index (Phi) is 6.14. The third-order valence-corrected chi connectivity index (χ3v) is 8.72. The molecule has 13 heteroatoms. The second-order valence-electron chi connectivity index (χ2n) is 10.4. The predicted molar refractivity (Wildman–Crippen MR) is 176 cm³/mol. The van der Waals surface area contributed by atoms with Crippen LogP contribution in [0.2, 0.25) is 0 Å². The van der Waals surface area contributed by atoms with E-state index in [1.165, 1.54) is 6.07 Å². The Labute approximate surface area is 273 Å². The van der Waals surface area contributed by atoms with E-state index >= 15 is 0 Å². The van der Waals surface area contributed by atoms with Gasteiger partial charge in [0, 0.05) is 43.8 Å². The van der Waals surface area contributed by atoms with Crippen LogP contribution in [0.1, 0.15) is 0 Å². The molecule has 5 heterocycles. The summed E-state index contributed by atoms with van der Waals surface area (Å²) in [6, 6.07) is 27.6. The molecule has 0 spiro atoms. The van der Waals surface area contributed by atoms with E-state index in [2.05, 4.69) is 9.97 Å². The first kappa shape index (κ1) is 27.6. The molecular formula is C32H21InN8O3S. The van der Waals surface area contributed by atoms with Crippen molar-refractivity contribution >= 4 is 80.1 Å². The summed E-state index contributed by atoms with van der Waals surface area (Å²) in [5, 5.41) is 2.36. The van der Waals surface area contributed by atoms with Crippen molar-refractivity contribution in [1.29, 1.82) is 0 Å². The van der Waals surface area contributed by atoms with Gasteiger partial charge < -0.3 is 9.97 Å². The van der Waals surface area contributed by atoms with Crippen LogP contribution in [0.25, 0.3) is 89.7 Å². The number of H-pyrrole nitrogens is 2. The summed E-state index contributed by atoms with van der Waals surface area (Å²) in [6.45, 7) is 0. The molecule has 2 aliphatic rings. The summed E-state index contributed by atoms with van der Waals surface area (Å²) < 4.78 is 35.2. The van der Waals surface area contributed by atoms with Crippen molar-refractivity contribution in [1.82, 2.24) is 39.9 Å². The number of hydrogen-bond acceptors (Lipinski definition) is 8. The molecule has 7 aromatic rings. The van der Waals surface area contributed by atoms with E-state index in [0.29, 0.717) is 45.6 Å². The third kappa shape index (κ3) is 4.26. The average molecular weight is 712 g/mol. The van der Waals surface area contributed by atoms with Gasteiger partial charge in [-0.2, -0.15) is 8.42 Å². The van der Waals surface area contributed by atoms with Crippen molar-refractivity contribution in [3.05, 3.63) is 91.0 Å². The second-order valence-corrected chi connectivity index (χ2v) is 11.8. The number of fused-ring (bicyclic) bond motifs is 20. The van der Waals surface area contributed by atoms with Gasteiger partial charge in [-0.05, 0) is 6.07 Å². The normalized spacial score (nSPS) is 12.1. The molecule has 0 unspecified atom stereocenters. The molecule has 0 fully saturated rings. The van der Waals surface area contributed by atoms with Crippen LogP contribution in [0.4, 0.5) is 0 Å². The number of rotatable bonds is 1. The van der Waals surface area contributed by atoms with Crippen LogP contribution in [0.3, 0.4) is 0 Å². The van der Waals surface area contributed by atoms with Gasteiger partial charge in [0.15, 0.2) is 23.3 Å². The number of aromatic nitrogens is 8. The fraction of sp³-hybridized carbons (Fsp3) is 0. The third-order valence-electron chi connectivity index (χ3n) is 7.82. The number of nitrogens with one attached hydrogen (secondary N) is 2. The van der Waals surface area contributed by atoms with Gasteiger partial charge in [-0.1, -0.05) is 84.9 Å². The summed E-state index contributed by atoms with van der Waals surface area (Å²) in [6.07, 6.45) is 0. The summed E-state index contributed by atoms with van der Waals surface area (Å²) >= 11 is 0. The Morgan fingerprint density at radius 1 is 0.467 bits per heavy atom. The van der Waals surface area contributed by atoms with E-state index in [0.717, 1.165) is 33.0 Å². The minimum absolute atomic E-state index is 0. The van der Waals surface area contributed by atoms with Crippen LogP contribution in [0.5, 0.6) is 0 Å². The summed E-state index contributed by atoms with van der Waals surface area (Å²) in [5.74, 6) is 1.60. The van der Waals surface area contributed by atoms with E-state index in [1.807, 2.05) is 72.8 Å². The van der Waals surface area contributed by atoms with Gasteiger partial charge in [0.2, 0.25) is 0 Å². The molecule has 45 heavy (non-hydrogen) atoms. The molecule has 11 nitrogen and oxygen atoms in total. The van der Waals surface area contributed by atoms with Crippen LogP contribution < -0.4 is 0 Å². The van der Waals surface area contributed by atoms with Gasteiger partial charge in [-0.15, -0.1) is 0 Å². The Balaban J connectivity index is 0.00000300. The fourth-order valence-electron chi connectivity index (χ4n) is 5.87. The van der Waals surface area contributed by atoms with Crippen LogP contribution in [0.15, 0.2) is 95.9 Å². The number of hydrogen-bond donors (Lipinski definition) is 3. The van der Waals surface area contributed by atoms with E-state index in [-0.39, 0.29) is 41.8 Å². The van der Waals surface area contributed by atoms with Crippen LogP contribution in [-0.2, 0) is 10.1 Å². The molecule has 0 radical (unpaired) electrons. The summed E-state index contributed by atoms with van der Waals surface area (Å²) in [7, 11) is -4.62. The molecule has 216 valence electrons. The maximum atomic E-state index is 12.5. The van der Waals surface area contributed by atoms with Gasteiger partial charge in [0.05, 0.1) is 0 Å². The van der Waals surface area contributed by atoms with Crippen molar-refractivity contribution in [2.75, 3.05) is 0 Å². The molecule has 0 aliphatic carbocycles. The summed E-state index contributed by atoms with van der Waals surface area (Å²) in [5.41, 5.74) is 4.68. The molecule has 2 aliphatic heterocycles. The molecule has 3 N–H and O–H groups in total. The van der Waals surface area contributed by atoms with Gasteiger partial charge in [0.1, 0.15) is 27.5 Å². The molecule has 8 bridgehead atoms. The molecule has 9 rings (SSSR count). The van der Waals surface area contributed by atoms with Crippen molar-refractivity contribution in [2.45, 2.75) is 4.90 Å². The van der Waals surface area contributed by atoms with Gasteiger partial charge in [0.25, 0.3) is 10.1 Å². The zero-order valence-corrected chi connectivity index (χ0v) is 23.3. The van der Waals surface area contributed by atoms with Crippen molar-refractivity contribution < 1.29 is 13.0 Å².